The van der Waals surface area contributed by atoms with Crippen molar-refractivity contribution in [2.45, 2.75) is 19.0 Å². The Morgan fingerprint density at radius 1 is 0.853 bits per heavy atom. The normalized spacial score (nSPS) is 22.4. The molecule has 3 atom stereocenters. The molecule has 6 heteroatoms. The maximum Gasteiger partial charge on any atom is 0.247 e. The van der Waals surface area contributed by atoms with Crippen molar-refractivity contribution in [3.63, 3.8) is 0 Å². The third-order valence-corrected chi connectivity index (χ3v) is 6.75. The summed E-state index contributed by atoms with van der Waals surface area (Å²) in [6.07, 6.45) is 0.781. The zero-order valence-electron chi connectivity index (χ0n) is 19.1. The molecule has 3 aromatic rings. The standard InChI is InChI=1S/C28H30N4O2/c33-27(29-17-16-21-10-4-1-5-11-21)24-19-31(18-22-12-6-2-7-13-22)20-25-26(24)30-32(28(25)34)23-14-8-3-9-15-23/h1-15,24-26,30H,16-20H2,(H,29,33). The molecular formula is C28H30N4O2. The number of benzene rings is 3. The molecule has 2 aliphatic rings. The second-order valence-electron chi connectivity index (χ2n) is 9.08. The molecule has 6 nitrogen and oxygen atoms in total. The van der Waals surface area contributed by atoms with Crippen molar-refractivity contribution in [3.8, 4) is 0 Å². The summed E-state index contributed by atoms with van der Waals surface area (Å²) in [5.41, 5.74) is 6.56. The molecule has 2 N–H and O–H groups in total. The first-order chi connectivity index (χ1) is 16.7. The van der Waals surface area contributed by atoms with Gasteiger partial charge in [0.25, 0.3) is 0 Å². The minimum absolute atomic E-state index is 0.00101. The number of fused-ring (bicyclic) bond motifs is 1. The number of carbonyl (C=O) groups is 2. The van der Waals surface area contributed by atoms with E-state index in [4.69, 9.17) is 0 Å². The van der Waals surface area contributed by atoms with Crippen molar-refractivity contribution < 1.29 is 9.59 Å². The fraction of sp³-hybridized carbons (Fsp3) is 0.286. The van der Waals surface area contributed by atoms with E-state index in [1.807, 2.05) is 66.7 Å². The summed E-state index contributed by atoms with van der Waals surface area (Å²) < 4.78 is 0. The van der Waals surface area contributed by atoms with Gasteiger partial charge in [-0.05, 0) is 29.7 Å². The number of likely N-dealkylation sites (tertiary alicyclic amines) is 1. The van der Waals surface area contributed by atoms with Crippen LogP contribution in [0.4, 0.5) is 5.69 Å². The molecule has 0 spiro atoms. The Balaban J connectivity index is 1.33. The van der Waals surface area contributed by atoms with E-state index in [1.165, 1.54) is 11.1 Å². The number of hydrogen-bond acceptors (Lipinski definition) is 4. The highest BCUT2D eigenvalue weighted by atomic mass is 16.2. The minimum atomic E-state index is -0.323. The number of amides is 2. The average Bonchev–Trinajstić information content (AvgIpc) is 3.21. The van der Waals surface area contributed by atoms with E-state index in [2.05, 4.69) is 39.9 Å². The lowest BCUT2D eigenvalue weighted by Gasteiger charge is -2.38. The number of hydrazine groups is 1. The van der Waals surface area contributed by atoms with Crippen LogP contribution in [0.15, 0.2) is 91.0 Å². The monoisotopic (exact) mass is 454 g/mol. The number of carbonyl (C=O) groups excluding carboxylic acids is 2. The number of nitrogens with zero attached hydrogens (tertiary/aromatic N) is 2. The molecule has 34 heavy (non-hydrogen) atoms. The van der Waals surface area contributed by atoms with Gasteiger partial charge in [0, 0.05) is 26.2 Å². The molecule has 2 aliphatic heterocycles. The predicted molar refractivity (Wildman–Crippen MR) is 133 cm³/mol. The van der Waals surface area contributed by atoms with Gasteiger partial charge in [0.2, 0.25) is 11.8 Å². The summed E-state index contributed by atoms with van der Waals surface area (Å²) in [4.78, 5) is 29.0. The molecule has 174 valence electrons. The van der Waals surface area contributed by atoms with Crippen LogP contribution in [-0.4, -0.2) is 42.4 Å². The first-order valence-electron chi connectivity index (χ1n) is 11.9. The van der Waals surface area contributed by atoms with Gasteiger partial charge in [-0.15, -0.1) is 0 Å². The fourth-order valence-corrected chi connectivity index (χ4v) is 5.03. The number of piperidine rings is 1. The SMILES string of the molecule is O=C(NCCc1ccccc1)C1CN(Cc2ccccc2)CC2C(=O)N(c3ccccc3)NC12. The molecule has 2 fully saturated rings. The quantitative estimate of drug-likeness (QED) is 0.576. The van der Waals surface area contributed by atoms with Crippen molar-refractivity contribution in [1.82, 2.24) is 15.6 Å². The zero-order chi connectivity index (χ0) is 23.3. The Kier molecular flexibility index (Phi) is 6.70. The van der Waals surface area contributed by atoms with Gasteiger partial charge in [-0.3, -0.25) is 14.5 Å². The summed E-state index contributed by atoms with van der Waals surface area (Å²) in [5, 5.41) is 4.76. The number of para-hydroxylation sites is 1. The highest BCUT2D eigenvalue weighted by molar-refractivity contribution is 5.98. The van der Waals surface area contributed by atoms with E-state index < -0.39 is 0 Å². The number of rotatable bonds is 7. The van der Waals surface area contributed by atoms with Gasteiger partial charge in [-0.2, -0.15) is 0 Å². The second kappa shape index (κ2) is 10.2. The van der Waals surface area contributed by atoms with Gasteiger partial charge in [-0.1, -0.05) is 78.9 Å². The maximum absolute atomic E-state index is 13.4. The highest BCUT2D eigenvalue weighted by Crippen LogP contribution is 2.32. The molecule has 3 unspecified atom stereocenters. The average molecular weight is 455 g/mol. The topological polar surface area (TPSA) is 64.7 Å². The molecule has 0 saturated carbocycles. The lowest BCUT2D eigenvalue weighted by atomic mass is 9.83. The van der Waals surface area contributed by atoms with E-state index in [1.54, 1.807) is 5.01 Å². The lowest BCUT2D eigenvalue weighted by Crippen LogP contribution is -2.57. The Labute approximate surface area is 200 Å². The van der Waals surface area contributed by atoms with Gasteiger partial charge in [0.1, 0.15) is 0 Å². The van der Waals surface area contributed by atoms with E-state index >= 15 is 0 Å². The first-order valence-corrected chi connectivity index (χ1v) is 11.9. The van der Waals surface area contributed by atoms with Gasteiger partial charge in [0.05, 0.1) is 23.6 Å². The van der Waals surface area contributed by atoms with Crippen LogP contribution >= 0.6 is 0 Å². The second-order valence-corrected chi connectivity index (χ2v) is 9.08. The summed E-state index contributed by atoms with van der Waals surface area (Å²) in [6.45, 7) is 2.53. The maximum atomic E-state index is 13.4. The number of nitrogens with one attached hydrogen (secondary N) is 2. The molecule has 2 amide bonds. The zero-order valence-corrected chi connectivity index (χ0v) is 19.1. The minimum Gasteiger partial charge on any atom is -0.355 e. The Hall–Kier alpha value is -3.48. The summed E-state index contributed by atoms with van der Waals surface area (Å²) in [6, 6.07) is 29.8. The summed E-state index contributed by atoms with van der Waals surface area (Å²) >= 11 is 0. The highest BCUT2D eigenvalue weighted by Gasteiger charge is 2.50. The Morgan fingerprint density at radius 2 is 1.47 bits per heavy atom. The van der Waals surface area contributed by atoms with Crippen LogP contribution in [0, 0.1) is 11.8 Å². The molecule has 3 aromatic carbocycles. The Morgan fingerprint density at radius 3 is 2.15 bits per heavy atom. The third-order valence-electron chi connectivity index (χ3n) is 6.75. The molecule has 0 aromatic heterocycles. The number of hydrogen-bond donors (Lipinski definition) is 2. The Bertz CT molecular complexity index is 1110. The molecule has 2 saturated heterocycles. The molecule has 2 heterocycles. The first kappa shape index (κ1) is 22.3. The molecule has 0 radical (unpaired) electrons. The van der Waals surface area contributed by atoms with Crippen molar-refractivity contribution in [2.24, 2.45) is 11.8 Å². The van der Waals surface area contributed by atoms with E-state index in [9.17, 15) is 9.59 Å². The molecule has 5 rings (SSSR count). The number of anilines is 1. The van der Waals surface area contributed by atoms with Crippen LogP contribution in [-0.2, 0) is 22.6 Å². The predicted octanol–water partition coefficient (Wildman–Crippen LogP) is 3.01. The molecule has 0 bridgehead atoms. The van der Waals surface area contributed by atoms with Crippen LogP contribution in [0.3, 0.4) is 0 Å². The van der Waals surface area contributed by atoms with Crippen LogP contribution in [0.25, 0.3) is 0 Å². The van der Waals surface area contributed by atoms with Gasteiger partial charge in [-0.25, -0.2) is 10.4 Å². The van der Waals surface area contributed by atoms with Crippen LogP contribution in [0.2, 0.25) is 0 Å². The molecule has 0 aliphatic carbocycles. The summed E-state index contributed by atoms with van der Waals surface area (Å²) in [7, 11) is 0. The van der Waals surface area contributed by atoms with Crippen molar-refractivity contribution in [1.29, 1.82) is 0 Å². The lowest BCUT2D eigenvalue weighted by molar-refractivity contribution is -0.130. The van der Waals surface area contributed by atoms with Gasteiger partial charge in [0.15, 0.2) is 0 Å². The van der Waals surface area contributed by atoms with E-state index in [-0.39, 0.29) is 29.7 Å². The van der Waals surface area contributed by atoms with E-state index in [0.29, 0.717) is 19.6 Å². The summed E-state index contributed by atoms with van der Waals surface area (Å²) in [5.74, 6) is -0.576. The van der Waals surface area contributed by atoms with Crippen molar-refractivity contribution >= 4 is 17.5 Å². The fourth-order valence-electron chi connectivity index (χ4n) is 5.03. The van der Waals surface area contributed by atoms with E-state index in [0.717, 1.165) is 18.7 Å². The van der Waals surface area contributed by atoms with Crippen LogP contribution in [0.5, 0.6) is 0 Å². The third kappa shape index (κ3) is 4.88. The smallest absolute Gasteiger partial charge is 0.247 e. The molecular weight excluding hydrogens is 424 g/mol. The van der Waals surface area contributed by atoms with Crippen LogP contribution < -0.4 is 15.8 Å². The van der Waals surface area contributed by atoms with Crippen molar-refractivity contribution in [3.05, 3.63) is 102 Å². The van der Waals surface area contributed by atoms with Gasteiger partial charge >= 0.3 is 0 Å². The van der Waals surface area contributed by atoms with Crippen molar-refractivity contribution in [2.75, 3.05) is 24.6 Å². The van der Waals surface area contributed by atoms with Crippen LogP contribution in [0.1, 0.15) is 11.1 Å². The largest absolute Gasteiger partial charge is 0.355 e. The van der Waals surface area contributed by atoms with Gasteiger partial charge < -0.3 is 5.32 Å².